The maximum atomic E-state index is 6.05. The van der Waals surface area contributed by atoms with E-state index >= 15 is 0 Å². The Balaban J connectivity index is 2.13. The van der Waals surface area contributed by atoms with Gasteiger partial charge >= 0.3 is 0 Å². The molecule has 2 aromatic carbocycles. The van der Waals surface area contributed by atoms with E-state index in [1.165, 1.54) is 0 Å². The van der Waals surface area contributed by atoms with Gasteiger partial charge < -0.3 is 4.74 Å². The number of unbranched alkanes of at least 4 members (excludes halogenated alkanes) is 1. The van der Waals surface area contributed by atoms with E-state index in [9.17, 15) is 0 Å². The summed E-state index contributed by atoms with van der Waals surface area (Å²) >= 11 is 11.7. The van der Waals surface area contributed by atoms with Gasteiger partial charge in [-0.1, -0.05) is 54.1 Å². The molecule has 0 fully saturated rings. The minimum absolute atomic E-state index is 0.0520. The smallest absolute Gasteiger partial charge is 0.108 e. The molecule has 2 aromatic rings. The summed E-state index contributed by atoms with van der Waals surface area (Å²) in [5.41, 5.74) is 2.27. The fraction of sp³-hybridized carbons (Fsp3) is 0.294. The van der Waals surface area contributed by atoms with Gasteiger partial charge in [0.15, 0.2) is 0 Å². The lowest BCUT2D eigenvalue weighted by Gasteiger charge is -2.19. The molecule has 0 amide bonds. The van der Waals surface area contributed by atoms with Gasteiger partial charge in [-0.25, -0.2) is 0 Å². The average molecular weight is 309 g/mol. The van der Waals surface area contributed by atoms with Crippen LogP contribution in [-0.4, -0.2) is 12.5 Å². The van der Waals surface area contributed by atoms with Gasteiger partial charge in [0.25, 0.3) is 0 Å². The summed E-state index contributed by atoms with van der Waals surface area (Å²) in [6.07, 6.45) is 1.90. The van der Waals surface area contributed by atoms with Crippen LogP contribution in [0.2, 0.25) is 5.02 Å². The third-order valence-corrected chi connectivity index (χ3v) is 3.61. The molecule has 106 valence electrons. The highest BCUT2D eigenvalue weighted by Gasteiger charge is 2.14. The summed E-state index contributed by atoms with van der Waals surface area (Å²) in [7, 11) is 0. The SMILES string of the molecule is ClCCCCO[C@H](c1ccccc1)c1ccc(Cl)cc1. The van der Waals surface area contributed by atoms with E-state index in [2.05, 4.69) is 12.1 Å². The van der Waals surface area contributed by atoms with E-state index < -0.39 is 0 Å². The lowest BCUT2D eigenvalue weighted by molar-refractivity contribution is 0.0779. The number of alkyl halides is 1. The molecule has 0 heterocycles. The third-order valence-electron chi connectivity index (χ3n) is 3.09. The Morgan fingerprint density at radius 2 is 1.50 bits per heavy atom. The summed E-state index contributed by atoms with van der Waals surface area (Å²) in [6.45, 7) is 0.703. The Morgan fingerprint density at radius 1 is 0.850 bits per heavy atom. The Hall–Kier alpha value is -1.02. The summed E-state index contributed by atoms with van der Waals surface area (Å²) in [4.78, 5) is 0. The van der Waals surface area contributed by atoms with Gasteiger partial charge in [0.05, 0.1) is 0 Å². The fourth-order valence-corrected chi connectivity index (χ4v) is 2.36. The van der Waals surface area contributed by atoms with Crippen molar-refractivity contribution in [3.8, 4) is 0 Å². The summed E-state index contributed by atoms with van der Waals surface area (Å²) < 4.78 is 6.05. The second-order valence-electron chi connectivity index (χ2n) is 4.61. The summed E-state index contributed by atoms with van der Waals surface area (Å²) in [5, 5.41) is 0.739. The monoisotopic (exact) mass is 308 g/mol. The van der Waals surface area contributed by atoms with E-state index in [-0.39, 0.29) is 6.10 Å². The molecule has 0 unspecified atom stereocenters. The molecule has 0 N–H and O–H groups in total. The molecule has 1 atom stereocenters. The quantitative estimate of drug-likeness (QED) is 0.487. The van der Waals surface area contributed by atoms with E-state index in [0.717, 1.165) is 29.0 Å². The Bertz CT molecular complexity index is 496. The Labute approximate surface area is 130 Å². The first kappa shape index (κ1) is 15.4. The van der Waals surface area contributed by atoms with Crippen LogP contribution in [0.3, 0.4) is 0 Å². The van der Waals surface area contributed by atoms with E-state index in [0.29, 0.717) is 12.5 Å². The molecule has 0 saturated heterocycles. The van der Waals surface area contributed by atoms with Crippen molar-refractivity contribution < 1.29 is 4.74 Å². The Kier molecular flexibility index (Phi) is 6.38. The normalized spacial score (nSPS) is 12.3. The second kappa shape index (κ2) is 8.31. The van der Waals surface area contributed by atoms with Crippen molar-refractivity contribution in [2.24, 2.45) is 0 Å². The second-order valence-corrected chi connectivity index (χ2v) is 5.42. The molecule has 20 heavy (non-hydrogen) atoms. The lowest BCUT2D eigenvalue weighted by Crippen LogP contribution is -2.07. The molecular formula is C17H18Cl2O. The summed E-state index contributed by atoms with van der Waals surface area (Å²) in [6, 6.07) is 18.1. The van der Waals surface area contributed by atoms with Crippen molar-refractivity contribution in [1.29, 1.82) is 0 Å². The van der Waals surface area contributed by atoms with Crippen LogP contribution in [0.1, 0.15) is 30.1 Å². The van der Waals surface area contributed by atoms with Crippen molar-refractivity contribution in [3.05, 3.63) is 70.7 Å². The molecule has 0 aliphatic heterocycles. The van der Waals surface area contributed by atoms with Gasteiger partial charge in [-0.15, -0.1) is 11.6 Å². The van der Waals surface area contributed by atoms with Crippen LogP contribution in [0.15, 0.2) is 54.6 Å². The number of hydrogen-bond acceptors (Lipinski definition) is 1. The van der Waals surface area contributed by atoms with Gasteiger partial charge in [0.2, 0.25) is 0 Å². The molecule has 0 radical (unpaired) electrons. The van der Waals surface area contributed by atoms with Crippen molar-refractivity contribution in [2.45, 2.75) is 18.9 Å². The van der Waals surface area contributed by atoms with Gasteiger partial charge in [-0.2, -0.15) is 0 Å². The number of ether oxygens (including phenoxy) is 1. The zero-order valence-corrected chi connectivity index (χ0v) is 12.8. The molecule has 1 nitrogen and oxygen atoms in total. The predicted octanol–water partition coefficient (Wildman–Crippen LogP) is 5.47. The van der Waals surface area contributed by atoms with E-state index in [1.54, 1.807) is 0 Å². The van der Waals surface area contributed by atoms with Crippen LogP contribution in [0, 0.1) is 0 Å². The summed E-state index contributed by atoms with van der Waals surface area (Å²) in [5.74, 6) is 0.681. The zero-order valence-electron chi connectivity index (χ0n) is 11.3. The highest BCUT2D eigenvalue weighted by molar-refractivity contribution is 6.30. The minimum atomic E-state index is -0.0520. The first-order valence-electron chi connectivity index (χ1n) is 6.79. The number of benzene rings is 2. The van der Waals surface area contributed by atoms with Gasteiger partial charge in [0, 0.05) is 17.5 Å². The first-order chi connectivity index (χ1) is 9.81. The molecule has 0 bridgehead atoms. The van der Waals surface area contributed by atoms with Crippen LogP contribution in [0.5, 0.6) is 0 Å². The van der Waals surface area contributed by atoms with Crippen molar-refractivity contribution in [3.63, 3.8) is 0 Å². The van der Waals surface area contributed by atoms with Crippen LogP contribution >= 0.6 is 23.2 Å². The third kappa shape index (κ3) is 4.52. The average Bonchev–Trinajstić information content (AvgIpc) is 2.50. The Morgan fingerprint density at radius 3 is 2.15 bits per heavy atom. The van der Waals surface area contributed by atoms with Crippen molar-refractivity contribution in [1.82, 2.24) is 0 Å². The molecular weight excluding hydrogens is 291 g/mol. The molecule has 2 rings (SSSR count). The zero-order chi connectivity index (χ0) is 14.2. The lowest BCUT2D eigenvalue weighted by atomic mass is 10.0. The van der Waals surface area contributed by atoms with Crippen LogP contribution in [0.4, 0.5) is 0 Å². The minimum Gasteiger partial charge on any atom is -0.369 e. The maximum Gasteiger partial charge on any atom is 0.108 e. The standard InChI is InChI=1S/C17H18Cl2O/c18-12-4-5-13-20-17(14-6-2-1-3-7-14)15-8-10-16(19)11-9-15/h1-3,6-11,17H,4-5,12-13H2/t17-/m1/s1. The van der Waals surface area contributed by atoms with Crippen LogP contribution in [-0.2, 0) is 4.74 Å². The van der Waals surface area contributed by atoms with Crippen LogP contribution in [0.25, 0.3) is 0 Å². The fourth-order valence-electron chi connectivity index (χ4n) is 2.05. The molecule has 0 aliphatic rings. The van der Waals surface area contributed by atoms with Gasteiger partial charge in [-0.05, 0) is 36.1 Å². The number of halogens is 2. The molecule has 0 saturated carbocycles. The maximum absolute atomic E-state index is 6.05. The molecule has 3 heteroatoms. The predicted molar refractivity (Wildman–Crippen MR) is 85.6 cm³/mol. The van der Waals surface area contributed by atoms with Gasteiger partial charge in [0.1, 0.15) is 6.10 Å². The molecule has 0 aliphatic carbocycles. The molecule has 0 spiro atoms. The van der Waals surface area contributed by atoms with Crippen molar-refractivity contribution in [2.75, 3.05) is 12.5 Å². The number of hydrogen-bond donors (Lipinski definition) is 0. The van der Waals surface area contributed by atoms with Crippen molar-refractivity contribution >= 4 is 23.2 Å². The number of rotatable bonds is 7. The topological polar surface area (TPSA) is 9.23 Å². The highest BCUT2D eigenvalue weighted by Crippen LogP contribution is 2.27. The highest BCUT2D eigenvalue weighted by atomic mass is 35.5. The molecule has 0 aromatic heterocycles. The van der Waals surface area contributed by atoms with E-state index in [1.807, 2.05) is 42.5 Å². The van der Waals surface area contributed by atoms with E-state index in [4.69, 9.17) is 27.9 Å². The van der Waals surface area contributed by atoms with Crippen LogP contribution < -0.4 is 0 Å². The largest absolute Gasteiger partial charge is 0.369 e. The first-order valence-corrected chi connectivity index (χ1v) is 7.70. The van der Waals surface area contributed by atoms with Gasteiger partial charge in [-0.3, -0.25) is 0 Å².